The molecule has 0 aromatic heterocycles. The van der Waals surface area contributed by atoms with Crippen LogP contribution >= 0.6 is 0 Å². The molecule has 4 N–H and O–H groups in total. The summed E-state index contributed by atoms with van der Waals surface area (Å²) in [7, 11) is 0. The van der Waals surface area contributed by atoms with Crippen molar-refractivity contribution in [3.8, 4) is 0 Å². The van der Waals surface area contributed by atoms with Crippen LogP contribution in [0.15, 0.2) is 4.99 Å². The van der Waals surface area contributed by atoms with E-state index in [-0.39, 0.29) is 11.5 Å². The normalized spacial score (nSPS) is 23.7. The lowest BCUT2D eigenvalue weighted by Crippen LogP contribution is -2.37. The molecule has 70 valence electrons. The molecule has 0 unspecified atom stereocenters. The average Bonchev–Trinajstić information content (AvgIpc) is 2.05. The third-order valence-electron chi connectivity index (χ3n) is 2.07. The lowest BCUT2D eigenvalue weighted by molar-refractivity contribution is 0.0596. The summed E-state index contributed by atoms with van der Waals surface area (Å²) in [6.07, 6.45) is 1.69. The van der Waals surface area contributed by atoms with E-state index in [2.05, 4.69) is 4.99 Å². The maximum absolute atomic E-state index is 8.44. The van der Waals surface area contributed by atoms with Crippen molar-refractivity contribution < 1.29 is 9.94 Å². The average molecular weight is 173 g/mol. The van der Waals surface area contributed by atoms with E-state index in [1.807, 2.05) is 12.4 Å². The molecular formula is C7H15N3O2. The number of hydrogen-bond acceptors (Lipinski definition) is 3. The molecule has 0 amide bonds. The number of nitrogens with zero attached hydrogens (tertiary/aromatic N) is 1. The van der Waals surface area contributed by atoms with E-state index >= 15 is 0 Å². The van der Waals surface area contributed by atoms with Crippen LogP contribution in [0.25, 0.3) is 0 Å². The molecule has 1 fully saturated rings. The Morgan fingerprint density at radius 3 is 2.67 bits per heavy atom. The summed E-state index contributed by atoms with van der Waals surface area (Å²) in [5, 5.41) is 8.44. The van der Waals surface area contributed by atoms with Crippen LogP contribution in [0.4, 0.5) is 0 Å². The first-order valence-electron chi connectivity index (χ1n) is 3.99. The number of ether oxygens (including phenoxy) is 1. The molecule has 1 heterocycles. The zero-order valence-corrected chi connectivity index (χ0v) is 7.21. The van der Waals surface area contributed by atoms with Gasteiger partial charge in [-0.2, -0.15) is 0 Å². The Morgan fingerprint density at radius 2 is 2.17 bits per heavy atom. The van der Waals surface area contributed by atoms with Crippen molar-refractivity contribution in [2.75, 3.05) is 13.2 Å². The number of aliphatic imine (C=N–C) groups is 1. The molecular weight excluding hydrogens is 158 g/mol. The first kappa shape index (κ1) is 9.28. The van der Waals surface area contributed by atoms with Crippen molar-refractivity contribution in [1.82, 2.24) is 5.48 Å². The Bertz CT molecular complexity index is 175. The van der Waals surface area contributed by atoms with Crippen molar-refractivity contribution in [1.29, 1.82) is 0 Å². The van der Waals surface area contributed by atoms with Crippen LogP contribution in [-0.2, 0) is 4.74 Å². The van der Waals surface area contributed by atoms with E-state index in [4.69, 9.17) is 15.7 Å². The fourth-order valence-electron chi connectivity index (χ4n) is 1.24. The standard InChI is InChI=1S/C7H15N3O2/c1-7(9-6(8)10-11)2-4-12-5-3-7/h11H,2-5H2,1H3,(H3,8,9,10). The van der Waals surface area contributed by atoms with Crippen LogP contribution in [-0.4, -0.2) is 29.9 Å². The summed E-state index contributed by atoms with van der Waals surface area (Å²) in [4.78, 5) is 4.14. The zero-order chi connectivity index (χ0) is 9.03. The van der Waals surface area contributed by atoms with Gasteiger partial charge in [0.25, 0.3) is 0 Å². The summed E-state index contributed by atoms with van der Waals surface area (Å²) in [6.45, 7) is 3.41. The van der Waals surface area contributed by atoms with Crippen LogP contribution in [0.2, 0.25) is 0 Å². The molecule has 0 saturated carbocycles. The summed E-state index contributed by atoms with van der Waals surface area (Å²) in [5.41, 5.74) is 6.98. The lowest BCUT2D eigenvalue weighted by atomic mass is 9.94. The van der Waals surface area contributed by atoms with E-state index in [1.165, 1.54) is 0 Å². The zero-order valence-electron chi connectivity index (χ0n) is 7.21. The molecule has 0 aromatic rings. The van der Waals surface area contributed by atoms with Crippen LogP contribution in [0.5, 0.6) is 0 Å². The van der Waals surface area contributed by atoms with Gasteiger partial charge in [0.15, 0.2) is 0 Å². The number of hydroxylamine groups is 1. The third kappa shape index (κ3) is 2.35. The minimum atomic E-state index is -0.182. The van der Waals surface area contributed by atoms with Crippen LogP contribution in [0.1, 0.15) is 19.8 Å². The fraction of sp³-hybridized carbons (Fsp3) is 0.857. The minimum absolute atomic E-state index is 0.0689. The van der Waals surface area contributed by atoms with Gasteiger partial charge in [0, 0.05) is 13.2 Å². The summed E-state index contributed by atoms with van der Waals surface area (Å²) in [6, 6.07) is 0. The van der Waals surface area contributed by atoms with Crippen molar-refractivity contribution >= 4 is 5.96 Å². The number of hydrogen-bond donors (Lipinski definition) is 3. The van der Waals surface area contributed by atoms with Gasteiger partial charge in [0.1, 0.15) is 0 Å². The van der Waals surface area contributed by atoms with E-state index < -0.39 is 0 Å². The van der Waals surface area contributed by atoms with Crippen molar-refractivity contribution in [3.05, 3.63) is 0 Å². The molecule has 1 aliphatic rings. The van der Waals surface area contributed by atoms with Crippen molar-refractivity contribution in [2.24, 2.45) is 10.7 Å². The molecule has 0 bridgehead atoms. The molecule has 1 rings (SSSR count). The number of rotatable bonds is 1. The van der Waals surface area contributed by atoms with E-state index in [0.29, 0.717) is 13.2 Å². The highest BCUT2D eigenvalue weighted by Gasteiger charge is 2.26. The Labute approximate surface area is 71.6 Å². The fourth-order valence-corrected chi connectivity index (χ4v) is 1.24. The number of nitrogens with two attached hydrogens (primary N) is 1. The second-order valence-electron chi connectivity index (χ2n) is 3.22. The Morgan fingerprint density at radius 1 is 1.58 bits per heavy atom. The molecule has 1 saturated heterocycles. The highest BCUT2D eigenvalue weighted by atomic mass is 16.5. The van der Waals surface area contributed by atoms with Gasteiger partial charge in [-0.05, 0) is 19.8 Å². The predicted octanol–water partition coefficient (Wildman–Crippen LogP) is -0.151. The molecule has 12 heavy (non-hydrogen) atoms. The first-order valence-corrected chi connectivity index (χ1v) is 3.99. The highest BCUT2D eigenvalue weighted by Crippen LogP contribution is 2.23. The second-order valence-corrected chi connectivity index (χ2v) is 3.22. The predicted molar refractivity (Wildman–Crippen MR) is 45.0 cm³/mol. The number of nitrogens with one attached hydrogen (secondary N) is 1. The maximum atomic E-state index is 8.44. The third-order valence-corrected chi connectivity index (χ3v) is 2.07. The monoisotopic (exact) mass is 173 g/mol. The van der Waals surface area contributed by atoms with E-state index in [0.717, 1.165) is 12.8 Å². The molecule has 5 heteroatoms. The van der Waals surface area contributed by atoms with Gasteiger partial charge in [-0.25, -0.2) is 10.5 Å². The van der Waals surface area contributed by atoms with E-state index in [9.17, 15) is 0 Å². The highest BCUT2D eigenvalue weighted by molar-refractivity contribution is 5.76. The Hall–Kier alpha value is -0.810. The summed E-state index contributed by atoms with van der Waals surface area (Å²) in [5.74, 6) is 0.0689. The van der Waals surface area contributed by atoms with Crippen molar-refractivity contribution in [2.45, 2.75) is 25.3 Å². The van der Waals surface area contributed by atoms with Gasteiger partial charge in [0.05, 0.1) is 5.54 Å². The van der Waals surface area contributed by atoms with Gasteiger partial charge >= 0.3 is 0 Å². The molecule has 0 spiro atoms. The first-order chi connectivity index (χ1) is 5.66. The topological polar surface area (TPSA) is 79.9 Å². The minimum Gasteiger partial charge on any atom is -0.381 e. The van der Waals surface area contributed by atoms with Gasteiger partial charge in [-0.1, -0.05) is 0 Å². The van der Waals surface area contributed by atoms with Gasteiger partial charge in [0.2, 0.25) is 5.96 Å². The molecule has 0 atom stereocenters. The van der Waals surface area contributed by atoms with Gasteiger partial charge < -0.3 is 10.5 Å². The Kier molecular flexibility index (Phi) is 2.88. The van der Waals surface area contributed by atoms with Gasteiger partial charge in [-0.3, -0.25) is 5.21 Å². The Balaban J connectivity index is 2.57. The maximum Gasteiger partial charge on any atom is 0.213 e. The van der Waals surface area contributed by atoms with Crippen LogP contribution in [0.3, 0.4) is 0 Å². The smallest absolute Gasteiger partial charge is 0.213 e. The quantitative estimate of drug-likeness (QED) is 0.292. The van der Waals surface area contributed by atoms with Crippen LogP contribution in [0, 0.1) is 0 Å². The van der Waals surface area contributed by atoms with Crippen LogP contribution < -0.4 is 11.2 Å². The second kappa shape index (κ2) is 3.73. The molecule has 0 radical (unpaired) electrons. The summed E-state index contributed by atoms with van der Waals surface area (Å²) >= 11 is 0. The molecule has 0 aliphatic carbocycles. The van der Waals surface area contributed by atoms with Gasteiger partial charge in [-0.15, -0.1) is 0 Å². The lowest BCUT2D eigenvalue weighted by Gasteiger charge is -2.29. The molecule has 1 aliphatic heterocycles. The van der Waals surface area contributed by atoms with Crippen molar-refractivity contribution in [3.63, 3.8) is 0 Å². The largest absolute Gasteiger partial charge is 0.381 e. The molecule has 5 nitrogen and oxygen atoms in total. The SMILES string of the molecule is CC1(N=C(N)NO)CCOCC1. The summed E-state index contributed by atoms with van der Waals surface area (Å²) < 4.78 is 5.19. The van der Waals surface area contributed by atoms with E-state index in [1.54, 1.807) is 0 Å². The number of guanidine groups is 1. The molecule has 0 aromatic carbocycles.